The third-order valence-corrected chi connectivity index (χ3v) is 8.74. The molecule has 230 valence electrons. The first-order valence-electron chi connectivity index (χ1n) is 16.0. The van der Waals surface area contributed by atoms with Gasteiger partial charge in [-0.3, -0.25) is 0 Å². The van der Waals surface area contributed by atoms with E-state index in [1.54, 1.807) is 0 Å². The maximum atomic E-state index is 11.8. The third kappa shape index (κ3) is 8.45. The van der Waals surface area contributed by atoms with Crippen molar-refractivity contribution in [2.24, 2.45) is 5.92 Å². The molecule has 2 saturated heterocycles. The highest BCUT2D eigenvalue weighted by atomic mass is 16.7. The lowest BCUT2D eigenvalue weighted by atomic mass is 9.89. The monoisotopic (exact) mass is 585 g/mol. The van der Waals surface area contributed by atoms with Crippen LogP contribution in [-0.2, 0) is 22.6 Å². The maximum absolute atomic E-state index is 11.8. The average molecular weight is 586 g/mol. The molecule has 43 heavy (non-hydrogen) atoms. The lowest BCUT2D eigenvalue weighted by Gasteiger charge is -2.43. The number of nitrogens with one attached hydrogen (secondary N) is 2. The quantitative estimate of drug-likeness (QED) is 0.260. The Bertz CT molecular complexity index is 1290. The van der Waals surface area contributed by atoms with Gasteiger partial charge >= 0.3 is 6.03 Å². The molecule has 5 rings (SSSR count). The molecule has 0 aromatic heterocycles. The van der Waals surface area contributed by atoms with E-state index in [9.17, 15) is 9.90 Å². The third-order valence-electron chi connectivity index (χ3n) is 8.74. The minimum absolute atomic E-state index is 0.0324. The smallest absolute Gasteiger partial charge is 0.315 e. The number of hydrogen-bond donors (Lipinski definition) is 3. The van der Waals surface area contributed by atoms with Crippen molar-refractivity contribution >= 4 is 6.03 Å². The standard InChI is InChI=1S/C36H47N3O4/c1-3-37-36(41)38-23-28-10-9-11-32(22-28)29-16-18-31(19-17-29)35-42-33(24-39-20-7-5-4-6-8-21-39)26(2)34(43-35)30-14-12-27(25-40)13-15-30/h9-19,22,26,33-35,40H,3-8,20-21,23-25H2,1-2H3,(H2,37,38,41). The van der Waals surface area contributed by atoms with Crippen LogP contribution < -0.4 is 10.6 Å². The largest absolute Gasteiger partial charge is 0.392 e. The van der Waals surface area contributed by atoms with Gasteiger partial charge in [0.25, 0.3) is 0 Å². The molecule has 2 fully saturated rings. The molecule has 3 aromatic rings. The fraction of sp³-hybridized carbons (Fsp3) is 0.472. The van der Waals surface area contributed by atoms with Crippen LogP contribution in [0.5, 0.6) is 0 Å². The normalized spacial score (nSPS) is 23.2. The number of urea groups is 1. The van der Waals surface area contributed by atoms with Crippen molar-refractivity contribution < 1.29 is 19.4 Å². The van der Waals surface area contributed by atoms with Gasteiger partial charge in [-0.25, -0.2) is 4.79 Å². The van der Waals surface area contributed by atoms with Crippen molar-refractivity contribution in [3.63, 3.8) is 0 Å². The maximum Gasteiger partial charge on any atom is 0.315 e. The Morgan fingerprint density at radius 1 is 0.837 bits per heavy atom. The molecule has 2 aliphatic rings. The molecule has 3 N–H and O–H groups in total. The number of aliphatic hydroxyl groups excluding tert-OH is 1. The van der Waals surface area contributed by atoms with Gasteiger partial charge in [-0.15, -0.1) is 0 Å². The number of amides is 2. The molecule has 0 aliphatic carbocycles. The number of nitrogens with zero attached hydrogens (tertiary/aromatic N) is 1. The van der Waals surface area contributed by atoms with E-state index in [0.717, 1.165) is 53.0 Å². The molecule has 0 spiro atoms. The highest BCUT2D eigenvalue weighted by Gasteiger charge is 2.39. The van der Waals surface area contributed by atoms with E-state index in [2.05, 4.69) is 71.0 Å². The van der Waals surface area contributed by atoms with Crippen LogP contribution in [0, 0.1) is 5.92 Å². The molecule has 2 amide bonds. The van der Waals surface area contributed by atoms with Crippen LogP contribution in [0.2, 0.25) is 0 Å². The Balaban J connectivity index is 1.33. The summed E-state index contributed by atoms with van der Waals surface area (Å²) in [6.07, 6.45) is 5.91. The zero-order valence-electron chi connectivity index (χ0n) is 25.6. The van der Waals surface area contributed by atoms with Crippen molar-refractivity contribution in [1.29, 1.82) is 0 Å². The number of likely N-dealkylation sites (tertiary alicyclic amines) is 1. The van der Waals surface area contributed by atoms with E-state index in [0.29, 0.717) is 13.1 Å². The van der Waals surface area contributed by atoms with Crippen LogP contribution in [0.3, 0.4) is 0 Å². The number of ether oxygens (including phenoxy) is 2. The van der Waals surface area contributed by atoms with Crippen LogP contribution in [-0.4, -0.2) is 48.3 Å². The molecule has 0 saturated carbocycles. The van der Waals surface area contributed by atoms with Crippen LogP contribution >= 0.6 is 0 Å². The molecule has 0 bridgehead atoms. The Morgan fingerprint density at radius 3 is 2.23 bits per heavy atom. The van der Waals surface area contributed by atoms with E-state index in [1.165, 1.54) is 32.1 Å². The molecule has 7 nitrogen and oxygen atoms in total. The molecule has 3 aromatic carbocycles. The fourth-order valence-electron chi connectivity index (χ4n) is 6.18. The first kappa shape index (κ1) is 31.2. The highest BCUT2D eigenvalue weighted by molar-refractivity contribution is 5.73. The first-order chi connectivity index (χ1) is 21.0. The van der Waals surface area contributed by atoms with Gasteiger partial charge in [0.2, 0.25) is 0 Å². The molecule has 0 radical (unpaired) electrons. The molecular formula is C36H47N3O4. The lowest BCUT2D eigenvalue weighted by molar-refractivity contribution is -0.276. The van der Waals surface area contributed by atoms with E-state index >= 15 is 0 Å². The minimum atomic E-state index is -0.472. The highest BCUT2D eigenvalue weighted by Crippen LogP contribution is 2.42. The van der Waals surface area contributed by atoms with E-state index < -0.39 is 6.29 Å². The molecule has 4 atom stereocenters. The predicted octanol–water partition coefficient (Wildman–Crippen LogP) is 6.72. The number of rotatable bonds is 9. The van der Waals surface area contributed by atoms with Crippen molar-refractivity contribution in [1.82, 2.24) is 15.5 Å². The van der Waals surface area contributed by atoms with E-state index in [4.69, 9.17) is 9.47 Å². The summed E-state index contributed by atoms with van der Waals surface area (Å²) in [5.74, 6) is 0.177. The first-order valence-corrected chi connectivity index (χ1v) is 16.0. The predicted molar refractivity (Wildman–Crippen MR) is 170 cm³/mol. The van der Waals surface area contributed by atoms with Gasteiger partial charge in [0.15, 0.2) is 6.29 Å². The van der Waals surface area contributed by atoms with Gasteiger partial charge in [0.1, 0.15) is 0 Å². The Morgan fingerprint density at radius 2 is 1.53 bits per heavy atom. The zero-order chi connectivity index (χ0) is 30.0. The summed E-state index contributed by atoms with van der Waals surface area (Å²) in [6, 6.07) is 24.7. The second-order valence-electron chi connectivity index (χ2n) is 11.9. The summed E-state index contributed by atoms with van der Waals surface area (Å²) in [7, 11) is 0. The Labute approximate surface area is 256 Å². The Kier molecular flexibility index (Phi) is 11.2. The van der Waals surface area contributed by atoms with E-state index in [1.807, 2.05) is 31.2 Å². The molecule has 2 aliphatic heterocycles. The van der Waals surface area contributed by atoms with Crippen molar-refractivity contribution in [3.8, 4) is 11.1 Å². The van der Waals surface area contributed by atoms with Crippen molar-refractivity contribution in [2.45, 2.75) is 77.6 Å². The SMILES string of the molecule is CCNC(=O)NCc1cccc(-c2ccc(C3OC(CN4CCCCCCC4)C(C)C(c4ccc(CO)cc4)O3)cc2)c1. The summed E-state index contributed by atoms with van der Waals surface area (Å²) >= 11 is 0. The number of benzene rings is 3. The number of aliphatic hydroxyl groups is 1. The van der Waals surface area contributed by atoms with Crippen LogP contribution in [0.1, 0.15) is 80.6 Å². The average Bonchev–Trinajstić information content (AvgIpc) is 3.02. The molecule has 2 heterocycles. The van der Waals surface area contributed by atoms with Crippen LogP contribution in [0.25, 0.3) is 11.1 Å². The van der Waals surface area contributed by atoms with Gasteiger partial charge in [-0.2, -0.15) is 0 Å². The second-order valence-corrected chi connectivity index (χ2v) is 11.9. The number of carbonyl (C=O) groups is 1. The van der Waals surface area contributed by atoms with Gasteiger partial charge in [0, 0.05) is 31.1 Å². The Hall–Kier alpha value is -3.23. The topological polar surface area (TPSA) is 83.1 Å². The summed E-state index contributed by atoms with van der Waals surface area (Å²) in [5, 5.41) is 15.2. The summed E-state index contributed by atoms with van der Waals surface area (Å²) < 4.78 is 13.4. The van der Waals surface area contributed by atoms with Crippen LogP contribution in [0.4, 0.5) is 4.79 Å². The minimum Gasteiger partial charge on any atom is -0.392 e. The lowest BCUT2D eigenvalue weighted by Crippen LogP contribution is -2.45. The van der Waals surface area contributed by atoms with Crippen molar-refractivity contribution in [2.75, 3.05) is 26.2 Å². The van der Waals surface area contributed by atoms with Gasteiger partial charge in [-0.1, -0.05) is 92.9 Å². The number of hydrogen-bond acceptors (Lipinski definition) is 5. The fourth-order valence-corrected chi connectivity index (χ4v) is 6.18. The zero-order valence-corrected chi connectivity index (χ0v) is 25.6. The van der Waals surface area contributed by atoms with Crippen molar-refractivity contribution in [3.05, 3.63) is 95.1 Å². The van der Waals surface area contributed by atoms with Gasteiger partial charge in [-0.05, 0) is 66.7 Å². The van der Waals surface area contributed by atoms with E-state index in [-0.39, 0.29) is 30.8 Å². The summed E-state index contributed by atoms with van der Waals surface area (Å²) in [4.78, 5) is 14.4. The molecule has 7 heteroatoms. The van der Waals surface area contributed by atoms with Gasteiger partial charge < -0.3 is 30.1 Å². The second kappa shape index (κ2) is 15.5. The van der Waals surface area contributed by atoms with Crippen LogP contribution in [0.15, 0.2) is 72.8 Å². The van der Waals surface area contributed by atoms with Gasteiger partial charge in [0.05, 0.1) is 18.8 Å². The molecule has 4 unspecified atom stereocenters. The summed E-state index contributed by atoms with van der Waals surface area (Å²) in [5.41, 5.74) is 6.25. The summed E-state index contributed by atoms with van der Waals surface area (Å²) in [6.45, 7) is 8.40. The molecular weight excluding hydrogens is 538 g/mol. The number of carbonyl (C=O) groups excluding carboxylic acids is 1.